The van der Waals surface area contributed by atoms with E-state index in [4.69, 9.17) is 0 Å². The molecular weight excluding hydrogens is 282 g/mol. The Kier molecular flexibility index (Phi) is 4.08. The number of hydrogen-bond acceptors (Lipinski definition) is 7. The minimum Gasteiger partial charge on any atom is -0.352 e. The van der Waals surface area contributed by atoms with Crippen LogP contribution in [0.4, 0.5) is 17.6 Å². The van der Waals surface area contributed by atoms with Crippen LogP contribution >= 0.6 is 0 Å². The van der Waals surface area contributed by atoms with Gasteiger partial charge < -0.3 is 15.1 Å². The van der Waals surface area contributed by atoms with Gasteiger partial charge in [0.25, 0.3) is 0 Å². The number of aromatic nitrogens is 4. The van der Waals surface area contributed by atoms with Crippen LogP contribution in [0.2, 0.25) is 0 Å². The summed E-state index contributed by atoms with van der Waals surface area (Å²) in [4.78, 5) is 23.8. The Labute approximate surface area is 128 Å². The summed E-state index contributed by atoms with van der Waals surface area (Å²) in [7, 11) is 0. The molecule has 0 spiro atoms. The van der Waals surface area contributed by atoms with Crippen molar-refractivity contribution in [2.75, 3.05) is 41.3 Å². The average molecular weight is 299 g/mol. The maximum atomic E-state index is 11.0. The molecule has 0 aliphatic carbocycles. The van der Waals surface area contributed by atoms with Crippen LogP contribution in [0.25, 0.3) is 0 Å². The van der Waals surface area contributed by atoms with Crippen LogP contribution in [0.3, 0.4) is 0 Å². The Balaban J connectivity index is 1.60. The van der Waals surface area contributed by atoms with Crippen LogP contribution in [0.5, 0.6) is 0 Å². The fourth-order valence-electron chi connectivity index (χ4n) is 2.33. The summed E-state index contributed by atoms with van der Waals surface area (Å²) in [5.74, 6) is 1.88. The maximum absolute atomic E-state index is 11.0. The number of rotatable bonds is 3. The lowest BCUT2D eigenvalue weighted by Gasteiger charge is -2.35. The van der Waals surface area contributed by atoms with Crippen LogP contribution in [-0.2, 0) is 4.79 Å². The van der Waals surface area contributed by atoms with E-state index >= 15 is 0 Å². The van der Waals surface area contributed by atoms with Gasteiger partial charge in [-0.25, -0.2) is 9.97 Å². The van der Waals surface area contributed by atoms with Crippen molar-refractivity contribution in [3.8, 4) is 0 Å². The van der Waals surface area contributed by atoms with E-state index in [1.54, 1.807) is 18.5 Å². The number of nitrogens with one attached hydrogen (secondary N) is 1. The third kappa shape index (κ3) is 3.27. The highest BCUT2D eigenvalue weighted by Gasteiger charge is 2.19. The van der Waals surface area contributed by atoms with Gasteiger partial charge in [-0.05, 0) is 18.2 Å². The maximum Gasteiger partial charge on any atom is 0.225 e. The van der Waals surface area contributed by atoms with E-state index in [0.29, 0.717) is 5.82 Å². The molecule has 1 saturated heterocycles. The molecule has 1 aliphatic heterocycles. The topological polar surface area (TPSA) is 87.1 Å². The molecule has 3 rings (SSSR count). The molecule has 0 radical (unpaired) electrons. The monoisotopic (exact) mass is 299 g/mol. The first kappa shape index (κ1) is 14.2. The SMILES string of the molecule is CC(=O)Nc1ccc(N2CCN(c3ncccn3)CC2)nn1. The first-order valence-electron chi connectivity index (χ1n) is 7.10. The van der Waals surface area contributed by atoms with Crippen molar-refractivity contribution in [3.05, 3.63) is 30.6 Å². The van der Waals surface area contributed by atoms with Crippen LogP contribution in [0, 0.1) is 0 Å². The first-order chi connectivity index (χ1) is 10.7. The zero-order valence-corrected chi connectivity index (χ0v) is 12.3. The minimum absolute atomic E-state index is 0.154. The summed E-state index contributed by atoms with van der Waals surface area (Å²) in [6.45, 7) is 4.76. The molecule has 1 fully saturated rings. The van der Waals surface area contributed by atoms with Gasteiger partial charge in [-0.2, -0.15) is 0 Å². The molecule has 8 nitrogen and oxygen atoms in total. The summed E-state index contributed by atoms with van der Waals surface area (Å²) in [5.41, 5.74) is 0. The van der Waals surface area contributed by atoms with Gasteiger partial charge in [0, 0.05) is 45.5 Å². The highest BCUT2D eigenvalue weighted by molar-refractivity contribution is 5.87. The van der Waals surface area contributed by atoms with Gasteiger partial charge in [0.1, 0.15) is 0 Å². The molecule has 0 aromatic carbocycles. The summed E-state index contributed by atoms with van der Waals surface area (Å²) in [6, 6.07) is 5.44. The van der Waals surface area contributed by atoms with Gasteiger partial charge in [-0.15, -0.1) is 10.2 Å². The van der Waals surface area contributed by atoms with E-state index < -0.39 is 0 Å². The van der Waals surface area contributed by atoms with Gasteiger partial charge in [0.2, 0.25) is 11.9 Å². The fourth-order valence-corrected chi connectivity index (χ4v) is 2.33. The lowest BCUT2D eigenvalue weighted by molar-refractivity contribution is -0.114. The van der Waals surface area contributed by atoms with Crippen molar-refractivity contribution in [2.45, 2.75) is 6.92 Å². The standard InChI is InChI=1S/C14H17N7O/c1-11(22)17-12-3-4-13(19-18-12)20-7-9-21(10-8-20)14-15-5-2-6-16-14/h2-6H,7-10H2,1H3,(H,17,18,22). The normalized spacial score (nSPS) is 14.8. The van der Waals surface area contributed by atoms with Crippen molar-refractivity contribution in [3.63, 3.8) is 0 Å². The Bertz CT molecular complexity index is 623. The molecule has 1 amide bonds. The largest absolute Gasteiger partial charge is 0.352 e. The summed E-state index contributed by atoms with van der Waals surface area (Å²) < 4.78 is 0. The summed E-state index contributed by atoms with van der Waals surface area (Å²) in [5, 5.41) is 10.8. The van der Waals surface area contributed by atoms with Crippen LogP contribution in [-0.4, -0.2) is 52.3 Å². The first-order valence-corrected chi connectivity index (χ1v) is 7.10. The quantitative estimate of drug-likeness (QED) is 0.885. The van der Waals surface area contributed by atoms with Gasteiger partial charge in [-0.3, -0.25) is 4.79 Å². The number of nitrogens with zero attached hydrogens (tertiary/aromatic N) is 6. The van der Waals surface area contributed by atoms with Crippen molar-refractivity contribution < 1.29 is 4.79 Å². The minimum atomic E-state index is -0.154. The van der Waals surface area contributed by atoms with E-state index in [1.807, 2.05) is 12.1 Å². The summed E-state index contributed by atoms with van der Waals surface area (Å²) in [6.07, 6.45) is 3.50. The molecule has 22 heavy (non-hydrogen) atoms. The molecule has 3 heterocycles. The second-order valence-corrected chi connectivity index (χ2v) is 4.98. The molecular formula is C14H17N7O. The number of hydrogen-bond donors (Lipinski definition) is 1. The van der Waals surface area contributed by atoms with Gasteiger partial charge >= 0.3 is 0 Å². The zero-order valence-electron chi connectivity index (χ0n) is 12.3. The second-order valence-electron chi connectivity index (χ2n) is 4.98. The molecule has 0 bridgehead atoms. The third-order valence-corrected chi connectivity index (χ3v) is 3.39. The number of carbonyl (C=O) groups is 1. The fraction of sp³-hybridized carbons (Fsp3) is 0.357. The predicted octanol–water partition coefficient (Wildman–Crippen LogP) is 0.552. The molecule has 114 valence electrons. The van der Waals surface area contributed by atoms with E-state index in [-0.39, 0.29) is 5.91 Å². The van der Waals surface area contributed by atoms with Gasteiger partial charge in [0.05, 0.1) is 0 Å². The molecule has 0 saturated carbocycles. The average Bonchev–Trinajstić information content (AvgIpc) is 2.56. The Morgan fingerprint density at radius 2 is 1.73 bits per heavy atom. The van der Waals surface area contributed by atoms with E-state index in [9.17, 15) is 4.79 Å². The number of piperazine rings is 1. The van der Waals surface area contributed by atoms with Crippen LogP contribution in [0.15, 0.2) is 30.6 Å². The van der Waals surface area contributed by atoms with Crippen molar-refractivity contribution in [2.24, 2.45) is 0 Å². The number of anilines is 3. The van der Waals surface area contributed by atoms with Gasteiger partial charge in [-0.1, -0.05) is 0 Å². The van der Waals surface area contributed by atoms with Crippen molar-refractivity contribution in [1.82, 2.24) is 20.2 Å². The molecule has 2 aromatic rings. The van der Waals surface area contributed by atoms with E-state index in [2.05, 4.69) is 35.3 Å². The Hall–Kier alpha value is -2.77. The lowest BCUT2D eigenvalue weighted by atomic mass is 10.3. The Morgan fingerprint density at radius 1 is 1.05 bits per heavy atom. The zero-order chi connectivity index (χ0) is 15.4. The van der Waals surface area contributed by atoms with Crippen LogP contribution < -0.4 is 15.1 Å². The molecule has 2 aromatic heterocycles. The van der Waals surface area contributed by atoms with Crippen LogP contribution in [0.1, 0.15) is 6.92 Å². The highest BCUT2D eigenvalue weighted by atomic mass is 16.1. The van der Waals surface area contributed by atoms with Crippen molar-refractivity contribution in [1.29, 1.82) is 0 Å². The molecule has 0 unspecified atom stereocenters. The molecule has 1 N–H and O–H groups in total. The molecule has 0 atom stereocenters. The Morgan fingerprint density at radius 3 is 2.32 bits per heavy atom. The summed E-state index contributed by atoms with van der Waals surface area (Å²) >= 11 is 0. The van der Waals surface area contributed by atoms with Gasteiger partial charge in [0.15, 0.2) is 11.6 Å². The smallest absolute Gasteiger partial charge is 0.225 e. The van der Waals surface area contributed by atoms with E-state index in [0.717, 1.165) is 37.9 Å². The highest BCUT2D eigenvalue weighted by Crippen LogP contribution is 2.16. The molecule has 1 aliphatic rings. The number of carbonyl (C=O) groups excluding carboxylic acids is 1. The van der Waals surface area contributed by atoms with Crippen molar-refractivity contribution >= 4 is 23.5 Å². The lowest BCUT2D eigenvalue weighted by Crippen LogP contribution is -2.47. The number of amides is 1. The molecule has 8 heteroatoms. The second kappa shape index (κ2) is 6.33. The predicted molar refractivity (Wildman–Crippen MR) is 82.8 cm³/mol. The third-order valence-electron chi connectivity index (χ3n) is 3.39. The van der Waals surface area contributed by atoms with E-state index in [1.165, 1.54) is 6.92 Å².